The molecule has 0 spiro atoms. The van der Waals surface area contributed by atoms with Gasteiger partial charge in [0.05, 0.1) is 17.5 Å². The van der Waals surface area contributed by atoms with E-state index in [1.54, 1.807) is 12.1 Å². The summed E-state index contributed by atoms with van der Waals surface area (Å²) >= 11 is 0. The third kappa shape index (κ3) is 3.04. The Kier molecular flexibility index (Phi) is 3.48. The second-order valence-corrected chi connectivity index (χ2v) is 5.97. The van der Waals surface area contributed by atoms with E-state index < -0.39 is 16.1 Å². The van der Waals surface area contributed by atoms with E-state index in [0.717, 1.165) is 18.4 Å². The molecular weight excluding hydrogens is 240 g/mol. The first-order valence-corrected chi connectivity index (χ1v) is 7.00. The van der Waals surface area contributed by atoms with Gasteiger partial charge < -0.3 is 10.8 Å². The van der Waals surface area contributed by atoms with E-state index >= 15 is 0 Å². The van der Waals surface area contributed by atoms with E-state index in [2.05, 4.69) is 4.72 Å². The molecule has 1 aliphatic carbocycles. The Morgan fingerprint density at radius 2 is 1.94 bits per heavy atom. The molecule has 1 aromatic rings. The van der Waals surface area contributed by atoms with Gasteiger partial charge in [-0.15, -0.1) is 0 Å². The van der Waals surface area contributed by atoms with Crippen molar-refractivity contribution in [1.29, 1.82) is 0 Å². The molecule has 6 heteroatoms. The van der Waals surface area contributed by atoms with Crippen molar-refractivity contribution >= 4 is 10.0 Å². The highest BCUT2D eigenvalue weighted by Crippen LogP contribution is 2.22. The van der Waals surface area contributed by atoms with Crippen molar-refractivity contribution in [2.75, 3.05) is 6.61 Å². The highest BCUT2D eigenvalue weighted by Gasteiger charge is 2.27. The van der Waals surface area contributed by atoms with Crippen molar-refractivity contribution in [2.24, 2.45) is 5.73 Å². The van der Waals surface area contributed by atoms with E-state index in [1.807, 2.05) is 0 Å². The molecule has 0 radical (unpaired) electrons. The Morgan fingerprint density at radius 1 is 1.35 bits per heavy atom. The Hall–Kier alpha value is -0.950. The minimum Gasteiger partial charge on any atom is -0.394 e. The number of nitrogens with two attached hydrogens (primary N) is 1. The van der Waals surface area contributed by atoms with Gasteiger partial charge in [-0.3, -0.25) is 0 Å². The fourth-order valence-corrected chi connectivity index (χ4v) is 2.79. The molecule has 0 aliphatic heterocycles. The maximum Gasteiger partial charge on any atom is 0.240 e. The van der Waals surface area contributed by atoms with Crippen LogP contribution in [-0.2, 0) is 10.0 Å². The number of nitrogens with one attached hydrogen (secondary N) is 1. The summed E-state index contributed by atoms with van der Waals surface area (Å²) in [5, 5.41) is 8.89. The average molecular weight is 256 g/mol. The van der Waals surface area contributed by atoms with Gasteiger partial charge in [0.25, 0.3) is 0 Å². The van der Waals surface area contributed by atoms with E-state index in [9.17, 15) is 8.42 Å². The van der Waals surface area contributed by atoms with Crippen molar-refractivity contribution in [3.63, 3.8) is 0 Å². The summed E-state index contributed by atoms with van der Waals surface area (Å²) in [5.41, 5.74) is 6.35. The molecule has 17 heavy (non-hydrogen) atoms. The molecule has 1 aliphatic rings. The molecule has 1 fully saturated rings. The minimum atomic E-state index is -3.40. The molecule has 0 heterocycles. The molecule has 0 amide bonds. The van der Waals surface area contributed by atoms with Crippen LogP contribution in [0.4, 0.5) is 0 Å². The predicted octanol–water partition coefficient (Wildman–Crippen LogP) is 0.119. The molecular formula is C11H16N2O3S. The number of sulfonamides is 1. The summed E-state index contributed by atoms with van der Waals surface area (Å²) in [6.07, 6.45) is 1.82. The van der Waals surface area contributed by atoms with Crippen molar-refractivity contribution < 1.29 is 13.5 Å². The summed E-state index contributed by atoms with van der Waals surface area (Å²) in [7, 11) is -3.40. The van der Waals surface area contributed by atoms with Crippen LogP contribution in [-0.4, -0.2) is 26.2 Å². The molecule has 4 N–H and O–H groups in total. The number of hydrogen-bond acceptors (Lipinski definition) is 4. The van der Waals surface area contributed by atoms with Gasteiger partial charge >= 0.3 is 0 Å². The number of aliphatic hydroxyl groups excluding tert-OH is 1. The van der Waals surface area contributed by atoms with Crippen molar-refractivity contribution in [1.82, 2.24) is 4.72 Å². The van der Waals surface area contributed by atoms with Crippen molar-refractivity contribution in [3.8, 4) is 0 Å². The van der Waals surface area contributed by atoms with Gasteiger partial charge in [-0.2, -0.15) is 0 Å². The second kappa shape index (κ2) is 4.73. The Bertz CT molecular complexity index is 480. The van der Waals surface area contributed by atoms with Gasteiger partial charge in [-0.25, -0.2) is 13.1 Å². The molecule has 5 nitrogen and oxygen atoms in total. The second-order valence-electron chi connectivity index (χ2n) is 4.25. The fraction of sp³-hybridized carbons (Fsp3) is 0.455. The Morgan fingerprint density at radius 3 is 2.41 bits per heavy atom. The summed E-state index contributed by atoms with van der Waals surface area (Å²) in [6, 6.07) is 5.90. The van der Waals surface area contributed by atoms with E-state index in [-0.39, 0.29) is 17.5 Å². The van der Waals surface area contributed by atoms with Crippen LogP contribution >= 0.6 is 0 Å². The van der Waals surface area contributed by atoms with Crippen LogP contribution in [0.5, 0.6) is 0 Å². The maximum atomic E-state index is 11.8. The minimum absolute atomic E-state index is 0.0966. The lowest BCUT2D eigenvalue weighted by molar-refractivity contribution is 0.268. The molecule has 1 saturated carbocycles. The lowest BCUT2D eigenvalue weighted by Crippen LogP contribution is -2.25. The van der Waals surface area contributed by atoms with Gasteiger partial charge in [0, 0.05) is 6.04 Å². The van der Waals surface area contributed by atoms with Crippen LogP contribution in [0.25, 0.3) is 0 Å². The van der Waals surface area contributed by atoms with Crippen molar-refractivity contribution in [3.05, 3.63) is 29.8 Å². The number of hydrogen-bond donors (Lipinski definition) is 3. The number of aliphatic hydroxyl groups is 1. The largest absolute Gasteiger partial charge is 0.394 e. The highest BCUT2D eigenvalue weighted by atomic mass is 32.2. The fourth-order valence-electron chi connectivity index (χ4n) is 1.49. The standard InChI is InChI=1S/C11H16N2O3S/c12-11(7-14)8-1-5-10(6-2-8)17(15,16)13-9-3-4-9/h1-2,5-6,9,11,13-14H,3-4,7,12H2. The lowest BCUT2D eigenvalue weighted by atomic mass is 10.1. The molecule has 1 unspecified atom stereocenters. The number of rotatable bonds is 5. The molecule has 2 rings (SSSR count). The first-order chi connectivity index (χ1) is 8.03. The van der Waals surface area contributed by atoms with Crippen LogP contribution in [0.15, 0.2) is 29.2 Å². The lowest BCUT2D eigenvalue weighted by Gasteiger charge is -2.10. The van der Waals surface area contributed by atoms with E-state index in [1.165, 1.54) is 12.1 Å². The quantitative estimate of drug-likeness (QED) is 0.697. The smallest absolute Gasteiger partial charge is 0.240 e. The van der Waals surface area contributed by atoms with Crippen LogP contribution in [0.1, 0.15) is 24.4 Å². The number of benzene rings is 1. The average Bonchev–Trinajstić information content (AvgIpc) is 3.11. The molecule has 0 aromatic heterocycles. The molecule has 1 aromatic carbocycles. The van der Waals surface area contributed by atoms with Crippen LogP contribution in [0, 0.1) is 0 Å². The third-order valence-corrected chi connectivity index (χ3v) is 4.25. The van der Waals surface area contributed by atoms with Gasteiger partial charge in [0.15, 0.2) is 0 Å². The van der Waals surface area contributed by atoms with Crippen molar-refractivity contribution in [2.45, 2.75) is 29.8 Å². The molecule has 0 bridgehead atoms. The van der Waals surface area contributed by atoms with E-state index in [0.29, 0.717) is 0 Å². The molecule has 1 atom stereocenters. The van der Waals surface area contributed by atoms with Gasteiger partial charge in [-0.1, -0.05) is 12.1 Å². The zero-order valence-electron chi connectivity index (χ0n) is 9.33. The molecule has 0 saturated heterocycles. The summed E-state index contributed by atoms with van der Waals surface area (Å²) in [4.78, 5) is 0.235. The monoisotopic (exact) mass is 256 g/mol. The summed E-state index contributed by atoms with van der Waals surface area (Å²) < 4.78 is 26.3. The van der Waals surface area contributed by atoms with Crippen LogP contribution in [0.2, 0.25) is 0 Å². The first kappa shape index (κ1) is 12.5. The topological polar surface area (TPSA) is 92.4 Å². The predicted molar refractivity (Wildman–Crippen MR) is 63.8 cm³/mol. The SMILES string of the molecule is NC(CO)c1ccc(S(=O)(=O)NC2CC2)cc1. The van der Waals surface area contributed by atoms with Gasteiger partial charge in [0.1, 0.15) is 0 Å². The highest BCUT2D eigenvalue weighted by molar-refractivity contribution is 7.89. The summed E-state index contributed by atoms with van der Waals surface area (Å²) in [6.45, 7) is -0.160. The molecule has 94 valence electrons. The van der Waals surface area contributed by atoms with E-state index in [4.69, 9.17) is 10.8 Å². The Labute approximate surface area is 101 Å². The zero-order valence-corrected chi connectivity index (χ0v) is 10.2. The normalized spacial score (nSPS) is 18.0. The summed E-state index contributed by atoms with van der Waals surface area (Å²) in [5.74, 6) is 0. The zero-order chi connectivity index (χ0) is 12.5. The first-order valence-electron chi connectivity index (χ1n) is 5.51. The van der Waals surface area contributed by atoms with Gasteiger partial charge in [0.2, 0.25) is 10.0 Å². The van der Waals surface area contributed by atoms with Crippen LogP contribution < -0.4 is 10.5 Å². The maximum absolute atomic E-state index is 11.8. The third-order valence-electron chi connectivity index (χ3n) is 2.71. The Balaban J connectivity index is 2.16. The van der Waals surface area contributed by atoms with Crippen LogP contribution in [0.3, 0.4) is 0 Å². The van der Waals surface area contributed by atoms with Gasteiger partial charge in [-0.05, 0) is 30.5 Å².